The maximum Gasteiger partial charge on any atom is 0.171 e. The Labute approximate surface area is 186 Å². The Hall–Kier alpha value is -3.43. The molecule has 0 aliphatic carbocycles. The Morgan fingerprint density at radius 1 is 0.733 bits per heavy atom. The molecule has 0 atom stereocenters. The van der Waals surface area contributed by atoms with Crippen LogP contribution in [-0.4, -0.2) is 40.8 Å². The van der Waals surface area contributed by atoms with E-state index in [1.807, 2.05) is 24.3 Å². The van der Waals surface area contributed by atoms with Crippen molar-refractivity contribution in [3.8, 4) is 22.6 Å². The first-order valence-electron chi connectivity index (χ1n) is 8.25. The molecule has 0 bridgehead atoms. The molecule has 11 heteroatoms. The number of rotatable bonds is 6. The van der Waals surface area contributed by atoms with Crippen molar-refractivity contribution in [2.45, 2.75) is 0 Å². The van der Waals surface area contributed by atoms with E-state index in [2.05, 4.69) is 34.9 Å². The normalized spacial score (nSPS) is 11.1. The smallest absolute Gasteiger partial charge is 0.171 e. The number of aromatic nitrogens is 3. The molecule has 0 amide bonds. The van der Waals surface area contributed by atoms with Crippen LogP contribution < -0.4 is 11.5 Å². The van der Waals surface area contributed by atoms with Crippen LogP contribution in [0.2, 0.25) is 0 Å². The minimum absolute atomic E-state index is 0. The summed E-state index contributed by atoms with van der Waals surface area (Å²) in [5.74, 6) is 0.548. The molecular weight excluding hydrogens is 429 g/mol. The van der Waals surface area contributed by atoms with Gasteiger partial charge in [-0.2, -0.15) is 0 Å². The lowest BCUT2D eigenvalue weighted by Gasteiger charge is -2.06. The van der Waals surface area contributed by atoms with Crippen LogP contribution in [0.15, 0.2) is 65.3 Å². The summed E-state index contributed by atoms with van der Waals surface area (Å²) < 4.78 is 0. The van der Waals surface area contributed by atoms with Crippen molar-refractivity contribution in [3.63, 3.8) is 0 Å². The molecule has 4 N–H and O–H groups in total. The molecule has 3 rings (SSSR count). The molecule has 0 fully saturated rings. The Kier molecular flexibility index (Phi) is 9.47. The zero-order valence-corrected chi connectivity index (χ0v) is 17.9. The van der Waals surface area contributed by atoms with E-state index in [0.29, 0.717) is 28.5 Å². The minimum Gasteiger partial charge on any atom is -0.397 e. The summed E-state index contributed by atoms with van der Waals surface area (Å²) in [6, 6.07) is 11.0. The molecule has 158 valence electrons. The molecule has 0 aliphatic heterocycles. The molecule has 2 heterocycles. The molecule has 0 saturated heterocycles. The first-order chi connectivity index (χ1) is 13.6. The number of amidine groups is 2. The number of pyridine rings is 1. The van der Waals surface area contributed by atoms with Crippen LogP contribution in [0.3, 0.4) is 0 Å². The maximum absolute atomic E-state index is 5.81. The lowest BCUT2D eigenvalue weighted by molar-refractivity contribution is 0.213. The lowest BCUT2D eigenvalue weighted by atomic mass is 10.1. The van der Waals surface area contributed by atoms with Crippen molar-refractivity contribution in [3.05, 3.63) is 66.1 Å². The molecule has 2 aromatic heterocycles. The van der Waals surface area contributed by atoms with Crippen molar-refractivity contribution in [1.29, 1.82) is 0 Å². The van der Waals surface area contributed by atoms with E-state index in [1.165, 1.54) is 14.2 Å². The van der Waals surface area contributed by atoms with E-state index in [-0.39, 0.29) is 30.6 Å². The van der Waals surface area contributed by atoms with Crippen molar-refractivity contribution in [2.24, 2.45) is 21.8 Å². The summed E-state index contributed by atoms with van der Waals surface area (Å²) >= 11 is 0. The van der Waals surface area contributed by atoms with E-state index in [4.69, 9.17) is 11.5 Å². The van der Waals surface area contributed by atoms with E-state index in [0.717, 1.165) is 11.1 Å². The molecule has 30 heavy (non-hydrogen) atoms. The fourth-order valence-corrected chi connectivity index (χ4v) is 2.44. The highest BCUT2D eigenvalue weighted by atomic mass is 35.5. The van der Waals surface area contributed by atoms with E-state index >= 15 is 0 Å². The molecule has 9 nitrogen and oxygen atoms in total. The second-order valence-corrected chi connectivity index (χ2v) is 5.62. The van der Waals surface area contributed by atoms with Crippen LogP contribution in [0.1, 0.15) is 11.1 Å². The Balaban J connectivity index is 0.00000225. The Morgan fingerprint density at radius 3 is 1.87 bits per heavy atom. The molecule has 3 aromatic rings. The highest BCUT2D eigenvalue weighted by Crippen LogP contribution is 2.21. The van der Waals surface area contributed by atoms with Gasteiger partial charge >= 0.3 is 0 Å². The molecule has 1 aromatic carbocycles. The van der Waals surface area contributed by atoms with Gasteiger partial charge in [0.2, 0.25) is 0 Å². The number of nitrogens with two attached hydrogens (primary N) is 2. The predicted octanol–water partition coefficient (Wildman–Crippen LogP) is 2.58. The van der Waals surface area contributed by atoms with Gasteiger partial charge in [0.25, 0.3) is 0 Å². The van der Waals surface area contributed by atoms with Crippen LogP contribution >= 0.6 is 24.8 Å². The topological polar surface area (TPSA) is 134 Å². The van der Waals surface area contributed by atoms with Crippen LogP contribution in [0, 0.1) is 0 Å². The monoisotopic (exact) mass is 449 g/mol. The number of halogens is 2. The van der Waals surface area contributed by atoms with Gasteiger partial charge in [0, 0.05) is 22.9 Å². The Morgan fingerprint density at radius 2 is 1.30 bits per heavy atom. The fourth-order valence-electron chi connectivity index (χ4n) is 2.44. The zero-order chi connectivity index (χ0) is 19.9. The summed E-state index contributed by atoms with van der Waals surface area (Å²) in [5.41, 5.74) is 15.9. The van der Waals surface area contributed by atoms with Gasteiger partial charge in [-0.15, -0.1) is 24.8 Å². The van der Waals surface area contributed by atoms with Gasteiger partial charge in [0.1, 0.15) is 19.9 Å². The van der Waals surface area contributed by atoms with Gasteiger partial charge < -0.3 is 21.1 Å². The van der Waals surface area contributed by atoms with Gasteiger partial charge in [-0.3, -0.25) is 9.97 Å². The van der Waals surface area contributed by atoms with Gasteiger partial charge in [-0.25, -0.2) is 4.98 Å². The first-order valence-corrected chi connectivity index (χ1v) is 8.25. The van der Waals surface area contributed by atoms with Gasteiger partial charge in [-0.05, 0) is 12.1 Å². The van der Waals surface area contributed by atoms with Gasteiger partial charge in [0.05, 0.1) is 23.8 Å². The fraction of sp³-hybridized carbons (Fsp3) is 0.105. The zero-order valence-electron chi connectivity index (χ0n) is 16.2. The van der Waals surface area contributed by atoms with Crippen LogP contribution in [-0.2, 0) is 9.68 Å². The Bertz CT molecular complexity index is 931. The first kappa shape index (κ1) is 24.6. The highest BCUT2D eigenvalue weighted by Gasteiger charge is 2.08. The molecular formula is C19H21Cl2N7O2. The lowest BCUT2D eigenvalue weighted by Crippen LogP contribution is -2.13. The standard InChI is InChI=1S/C19H19N7O2.2ClH/c1-27-25-18(20)13-5-3-12(4-6-13)16-10-22-11-17(24-16)15-8-7-14(9-23-15)19(21)26-28-2;;/h3-11H,1-2H3,(H2,20,25)(H2,21,26);2*1H. The molecule has 0 radical (unpaired) electrons. The highest BCUT2D eigenvalue weighted by molar-refractivity contribution is 5.97. The quantitative estimate of drug-likeness (QED) is 0.335. The summed E-state index contributed by atoms with van der Waals surface area (Å²) in [5, 5.41) is 7.40. The minimum atomic E-state index is 0. The third-order valence-corrected chi connectivity index (χ3v) is 3.81. The van der Waals surface area contributed by atoms with E-state index in [1.54, 1.807) is 30.7 Å². The number of hydrogen-bond acceptors (Lipinski definition) is 7. The van der Waals surface area contributed by atoms with Crippen molar-refractivity contribution < 1.29 is 9.68 Å². The van der Waals surface area contributed by atoms with Crippen molar-refractivity contribution in [1.82, 2.24) is 15.0 Å². The number of oxime groups is 2. The second kappa shape index (κ2) is 11.5. The third-order valence-electron chi connectivity index (χ3n) is 3.81. The van der Waals surface area contributed by atoms with Crippen LogP contribution in [0.4, 0.5) is 0 Å². The molecule has 0 saturated carbocycles. The number of benzene rings is 1. The summed E-state index contributed by atoms with van der Waals surface area (Å²) in [6.07, 6.45) is 4.94. The average Bonchev–Trinajstić information content (AvgIpc) is 2.74. The van der Waals surface area contributed by atoms with Crippen LogP contribution in [0.5, 0.6) is 0 Å². The van der Waals surface area contributed by atoms with Gasteiger partial charge in [-0.1, -0.05) is 34.6 Å². The molecule has 0 spiro atoms. The molecule has 0 unspecified atom stereocenters. The van der Waals surface area contributed by atoms with E-state index < -0.39 is 0 Å². The van der Waals surface area contributed by atoms with E-state index in [9.17, 15) is 0 Å². The van der Waals surface area contributed by atoms with Crippen molar-refractivity contribution >= 4 is 36.5 Å². The van der Waals surface area contributed by atoms with Crippen LogP contribution in [0.25, 0.3) is 22.6 Å². The SMILES string of the molecule is CO/N=C(/N)c1ccc(-c2cncc(-c3ccc(/C(N)=N\OC)cn3)n2)cc1.Cl.Cl. The second-order valence-electron chi connectivity index (χ2n) is 5.62. The molecule has 0 aliphatic rings. The third kappa shape index (κ3) is 5.79. The average molecular weight is 450 g/mol. The number of hydrogen-bond donors (Lipinski definition) is 2. The predicted molar refractivity (Wildman–Crippen MR) is 121 cm³/mol. The largest absolute Gasteiger partial charge is 0.397 e. The summed E-state index contributed by atoms with van der Waals surface area (Å²) in [6.45, 7) is 0. The summed E-state index contributed by atoms with van der Waals surface area (Å²) in [7, 11) is 2.88. The van der Waals surface area contributed by atoms with Crippen molar-refractivity contribution in [2.75, 3.05) is 14.2 Å². The van der Waals surface area contributed by atoms with Gasteiger partial charge in [0.15, 0.2) is 11.7 Å². The maximum atomic E-state index is 5.81. The number of nitrogens with zero attached hydrogens (tertiary/aromatic N) is 5. The summed E-state index contributed by atoms with van der Waals surface area (Å²) in [4.78, 5) is 22.6.